The quantitative estimate of drug-likeness (QED) is 0.907. The molecule has 0 amide bonds. The lowest BCUT2D eigenvalue weighted by atomic mass is 10.2. The number of hydrogen-bond donors (Lipinski definition) is 1. The van der Waals surface area contributed by atoms with Gasteiger partial charge in [0, 0.05) is 12.6 Å². The van der Waals surface area contributed by atoms with Crippen molar-refractivity contribution in [1.29, 1.82) is 5.26 Å². The molecule has 1 unspecified atom stereocenters. The first-order valence-corrected chi connectivity index (χ1v) is 6.76. The Bertz CT molecular complexity index is 447. The van der Waals surface area contributed by atoms with E-state index < -0.39 is 0 Å². The summed E-state index contributed by atoms with van der Waals surface area (Å²) in [5, 5.41) is 12.8. The first-order valence-electron chi connectivity index (χ1n) is 6.38. The highest BCUT2D eigenvalue weighted by molar-refractivity contribution is 6.33. The Hall–Kier alpha value is -1.24. The minimum atomic E-state index is 0.513. The molecule has 0 spiro atoms. The molecule has 4 heteroatoms. The molecule has 3 nitrogen and oxygen atoms in total. The topological polar surface area (TPSA) is 39.1 Å². The molecule has 1 aromatic carbocycles. The third-order valence-corrected chi connectivity index (χ3v) is 3.76. The second-order valence-electron chi connectivity index (χ2n) is 4.78. The summed E-state index contributed by atoms with van der Waals surface area (Å²) < 4.78 is 0. The van der Waals surface area contributed by atoms with Crippen molar-refractivity contribution in [1.82, 2.24) is 4.90 Å². The number of nitrogens with zero attached hydrogens (tertiary/aromatic N) is 2. The maximum Gasteiger partial charge on any atom is 0.0992 e. The van der Waals surface area contributed by atoms with Crippen LogP contribution in [0.5, 0.6) is 0 Å². The summed E-state index contributed by atoms with van der Waals surface area (Å²) in [7, 11) is 0. The van der Waals surface area contributed by atoms with E-state index >= 15 is 0 Å². The molecule has 0 saturated carbocycles. The van der Waals surface area contributed by atoms with E-state index in [1.165, 1.54) is 25.9 Å². The Morgan fingerprint density at radius 2 is 2.17 bits per heavy atom. The molecule has 96 valence electrons. The predicted molar refractivity (Wildman–Crippen MR) is 74.9 cm³/mol. The first kappa shape index (κ1) is 13.2. The fourth-order valence-corrected chi connectivity index (χ4v) is 2.54. The summed E-state index contributed by atoms with van der Waals surface area (Å²) >= 11 is 6.12. The average molecular weight is 264 g/mol. The van der Waals surface area contributed by atoms with Crippen LogP contribution in [0, 0.1) is 11.3 Å². The van der Waals surface area contributed by atoms with Crippen LogP contribution in [0.15, 0.2) is 18.2 Å². The average Bonchev–Trinajstić information content (AvgIpc) is 2.90. The van der Waals surface area contributed by atoms with Gasteiger partial charge in [-0.3, -0.25) is 4.90 Å². The number of nitriles is 1. The van der Waals surface area contributed by atoms with Crippen LogP contribution >= 0.6 is 11.6 Å². The van der Waals surface area contributed by atoms with Gasteiger partial charge in [-0.25, -0.2) is 0 Å². The largest absolute Gasteiger partial charge is 0.382 e. The highest BCUT2D eigenvalue weighted by Gasteiger charge is 2.17. The minimum Gasteiger partial charge on any atom is -0.382 e. The molecule has 2 rings (SSSR count). The van der Waals surface area contributed by atoms with Gasteiger partial charge in [-0.2, -0.15) is 5.26 Å². The van der Waals surface area contributed by atoms with Crippen molar-refractivity contribution in [2.24, 2.45) is 0 Å². The maximum atomic E-state index is 8.78. The lowest BCUT2D eigenvalue weighted by Crippen LogP contribution is -2.35. The normalized spacial score (nSPS) is 17.4. The number of nitrogens with one attached hydrogen (secondary N) is 1. The van der Waals surface area contributed by atoms with Crippen LogP contribution in [-0.2, 0) is 0 Å². The van der Waals surface area contributed by atoms with Crippen LogP contribution in [0.1, 0.15) is 25.3 Å². The zero-order valence-corrected chi connectivity index (χ0v) is 11.4. The van der Waals surface area contributed by atoms with Crippen LogP contribution in [-0.4, -0.2) is 30.6 Å². The smallest absolute Gasteiger partial charge is 0.0992 e. The Labute approximate surface area is 113 Å². The highest BCUT2D eigenvalue weighted by atomic mass is 35.5. The van der Waals surface area contributed by atoms with E-state index in [2.05, 4.69) is 23.2 Å². The van der Waals surface area contributed by atoms with Crippen LogP contribution < -0.4 is 5.32 Å². The van der Waals surface area contributed by atoms with E-state index in [-0.39, 0.29) is 0 Å². The van der Waals surface area contributed by atoms with Gasteiger partial charge in [-0.15, -0.1) is 0 Å². The number of hydrogen-bond acceptors (Lipinski definition) is 3. The van der Waals surface area contributed by atoms with Crippen molar-refractivity contribution >= 4 is 17.3 Å². The van der Waals surface area contributed by atoms with Crippen LogP contribution in [0.3, 0.4) is 0 Å². The second kappa shape index (κ2) is 6.08. The molecular formula is C14H18ClN3. The van der Waals surface area contributed by atoms with Crippen molar-refractivity contribution in [3.8, 4) is 6.07 Å². The SMILES string of the molecule is CC(CNc1ccc(C#N)cc1Cl)N1CCCC1. The Morgan fingerprint density at radius 1 is 1.44 bits per heavy atom. The zero-order chi connectivity index (χ0) is 13.0. The van der Waals surface area contributed by atoms with Crippen molar-refractivity contribution in [3.05, 3.63) is 28.8 Å². The minimum absolute atomic E-state index is 0.513. The molecule has 1 N–H and O–H groups in total. The monoisotopic (exact) mass is 263 g/mol. The fraction of sp³-hybridized carbons (Fsp3) is 0.500. The molecule has 0 aromatic heterocycles. The number of rotatable bonds is 4. The predicted octanol–water partition coefficient (Wildman–Crippen LogP) is 3.11. The Balaban J connectivity index is 1.91. The molecule has 1 fully saturated rings. The van der Waals surface area contributed by atoms with Gasteiger partial charge in [-0.1, -0.05) is 11.6 Å². The molecule has 1 heterocycles. The molecule has 18 heavy (non-hydrogen) atoms. The lowest BCUT2D eigenvalue weighted by molar-refractivity contribution is 0.269. The first-order chi connectivity index (χ1) is 8.70. The van der Waals surface area contributed by atoms with Gasteiger partial charge in [0.1, 0.15) is 0 Å². The van der Waals surface area contributed by atoms with Gasteiger partial charge < -0.3 is 5.32 Å². The Morgan fingerprint density at radius 3 is 2.78 bits per heavy atom. The lowest BCUT2D eigenvalue weighted by Gasteiger charge is -2.24. The van der Waals surface area contributed by atoms with E-state index in [4.69, 9.17) is 16.9 Å². The molecule has 1 aliphatic heterocycles. The highest BCUT2D eigenvalue weighted by Crippen LogP contribution is 2.23. The molecule has 1 atom stereocenters. The number of anilines is 1. The van der Waals surface area contributed by atoms with E-state index in [0.29, 0.717) is 16.6 Å². The summed E-state index contributed by atoms with van der Waals surface area (Å²) in [6.07, 6.45) is 2.62. The molecular weight excluding hydrogens is 246 g/mol. The molecule has 0 bridgehead atoms. The van der Waals surface area contributed by atoms with Gasteiger partial charge in [0.15, 0.2) is 0 Å². The van der Waals surface area contributed by atoms with Crippen LogP contribution in [0.2, 0.25) is 5.02 Å². The van der Waals surface area contributed by atoms with Crippen molar-refractivity contribution in [2.75, 3.05) is 25.0 Å². The summed E-state index contributed by atoms with van der Waals surface area (Å²) in [6.45, 7) is 5.51. The second-order valence-corrected chi connectivity index (χ2v) is 5.19. The summed E-state index contributed by atoms with van der Waals surface area (Å²) in [5.41, 5.74) is 1.50. The molecule has 1 aromatic rings. The number of halogens is 1. The van der Waals surface area contributed by atoms with Crippen molar-refractivity contribution in [3.63, 3.8) is 0 Å². The van der Waals surface area contributed by atoms with Gasteiger partial charge in [0.25, 0.3) is 0 Å². The van der Waals surface area contributed by atoms with Crippen LogP contribution in [0.4, 0.5) is 5.69 Å². The van der Waals surface area contributed by atoms with Gasteiger partial charge in [-0.05, 0) is 51.1 Å². The van der Waals surface area contributed by atoms with E-state index in [0.717, 1.165) is 12.2 Å². The summed E-state index contributed by atoms with van der Waals surface area (Å²) in [4.78, 5) is 2.49. The summed E-state index contributed by atoms with van der Waals surface area (Å²) in [6, 6.07) is 7.96. The van der Waals surface area contributed by atoms with E-state index in [1.54, 1.807) is 12.1 Å². The van der Waals surface area contributed by atoms with Crippen molar-refractivity contribution < 1.29 is 0 Å². The standard InChI is InChI=1S/C14H18ClN3/c1-11(18-6-2-3-7-18)10-17-14-5-4-12(9-16)8-13(14)15/h4-5,8,11,17H,2-3,6-7,10H2,1H3. The van der Waals surface area contributed by atoms with Gasteiger partial charge in [0.2, 0.25) is 0 Å². The zero-order valence-electron chi connectivity index (χ0n) is 10.6. The fourth-order valence-electron chi connectivity index (χ4n) is 2.30. The van der Waals surface area contributed by atoms with Gasteiger partial charge >= 0.3 is 0 Å². The van der Waals surface area contributed by atoms with Crippen molar-refractivity contribution in [2.45, 2.75) is 25.8 Å². The molecule has 0 aliphatic carbocycles. The Kier molecular flexibility index (Phi) is 4.46. The number of likely N-dealkylation sites (tertiary alicyclic amines) is 1. The molecule has 0 radical (unpaired) electrons. The third kappa shape index (κ3) is 3.16. The molecule has 1 saturated heterocycles. The molecule has 1 aliphatic rings. The summed E-state index contributed by atoms with van der Waals surface area (Å²) in [5.74, 6) is 0. The third-order valence-electron chi connectivity index (χ3n) is 3.45. The van der Waals surface area contributed by atoms with E-state index in [1.807, 2.05) is 6.07 Å². The number of benzene rings is 1. The maximum absolute atomic E-state index is 8.78. The van der Waals surface area contributed by atoms with Crippen LogP contribution in [0.25, 0.3) is 0 Å². The van der Waals surface area contributed by atoms with Gasteiger partial charge in [0.05, 0.1) is 22.3 Å². The van der Waals surface area contributed by atoms with E-state index in [9.17, 15) is 0 Å².